The molecule has 0 saturated carbocycles. The zero-order valence-electron chi connectivity index (χ0n) is 32.1. The average molecular weight is 953 g/mol. The first-order valence-electron chi connectivity index (χ1n) is 19.9. The van der Waals surface area contributed by atoms with Gasteiger partial charge in [0, 0.05) is 13.4 Å². The summed E-state index contributed by atoms with van der Waals surface area (Å²) in [6.45, 7) is 9.90. The molecule has 0 aromatic heterocycles. The van der Waals surface area contributed by atoms with Crippen molar-refractivity contribution in [3.05, 3.63) is 134 Å². The maximum absolute atomic E-state index is 6.96. The molecule has 0 fully saturated rings. The monoisotopic (exact) mass is 950 g/mol. The van der Waals surface area contributed by atoms with Gasteiger partial charge in [0.25, 0.3) is 13.4 Å². The molecule has 58 heavy (non-hydrogen) atoms. The molecule has 0 bridgehead atoms. The minimum absolute atomic E-state index is 0.0232. The van der Waals surface area contributed by atoms with Crippen LogP contribution in [0, 0.1) is 6.92 Å². The number of benzene rings is 9. The molecule has 4 aliphatic rings. The Labute approximate surface area is 363 Å². The Morgan fingerprint density at radius 2 is 1.00 bits per heavy atom. The van der Waals surface area contributed by atoms with Crippen molar-refractivity contribution in [3.63, 3.8) is 0 Å². The number of hydrogen-bond acceptors (Lipinski definition) is 2. The topological polar surface area (TPSA) is 18.5 Å². The molecule has 0 unspecified atom stereocenters. The first-order chi connectivity index (χ1) is 28.0. The standard InChI is InChI=1S/C50H31B2Br3O2Si/c1-24-14-31-33-16-28(54)20-43-49(33)52(37-13-11-27(53)18-41(37)57-43)39-22-35-44(58(2,3)4)23-32-34-17-29(55)19-42-50(34)51(38-21-30(24)47(45(31)39)48(35)46(32)38)36-12-10-26(15-40(36)56-42)25-8-6-5-7-9-25/h5-23H,1-4H3. The van der Waals surface area contributed by atoms with Crippen molar-refractivity contribution < 1.29 is 9.47 Å². The van der Waals surface area contributed by atoms with Crippen molar-refractivity contribution in [3.8, 4) is 56.4 Å². The minimum Gasteiger partial charge on any atom is -0.458 e. The maximum atomic E-state index is 6.96. The predicted octanol–water partition coefficient (Wildman–Crippen LogP) is 10.6. The summed E-state index contributed by atoms with van der Waals surface area (Å²) in [6, 6.07) is 43.3. The molecule has 0 aliphatic carbocycles. The van der Waals surface area contributed by atoms with Crippen LogP contribution in [0.5, 0.6) is 23.0 Å². The first kappa shape index (κ1) is 34.3. The van der Waals surface area contributed by atoms with Crippen LogP contribution in [0.3, 0.4) is 0 Å². The van der Waals surface area contributed by atoms with Crippen LogP contribution in [0.15, 0.2) is 129 Å². The largest absolute Gasteiger partial charge is 0.458 e. The number of aryl methyl sites for hydroxylation is 1. The molecule has 0 saturated heterocycles. The van der Waals surface area contributed by atoms with Gasteiger partial charge in [-0.1, -0.05) is 156 Å². The zero-order chi connectivity index (χ0) is 39.1. The fraction of sp³-hybridized carbons (Fsp3) is 0.0800. The summed E-state index contributed by atoms with van der Waals surface area (Å²) in [6.07, 6.45) is 0. The SMILES string of the molecule is Cc1cc2c3c(cc4c([Si](C)(C)C)cc5c6c(cc1c3c46)B1c3ccc(-c4ccccc4)cc3Oc3cc(Br)cc-5c31)B1c3ccc(Br)cc3Oc3cc(Br)cc-2c31. The van der Waals surface area contributed by atoms with Gasteiger partial charge in [0.1, 0.15) is 23.0 Å². The normalized spacial score (nSPS) is 14.0. The summed E-state index contributed by atoms with van der Waals surface area (Å²) < 4.78 is 16.8. The highest BCUT2D eigenvalue weighted by Gasteiger charge is 2.44. The van der Waals surface area contributed by atoms with Crippen LogP contribution in [-0.4, -0.2) is 21.5 Å². The summed E-state index contributed by atoms with van der Waals surface area (Å²) in [5.74, 6) is 3.70. The van der Waals surface area contributed by atoms with E-state index in [2.05, 4.69) is 190 Å². The van der Waals surface area contributed by atoms with Gasteiger partial charge in [-0.2, -0.15) is 0 Å². The second-order valence-electron chi connectivity index (χ2n) is 17.6. The van der Waals surface area contributed by atoms with Crippen molar-refractivity contribution in [2.75, 3.05) is 0 Å². The fourth-order valence-corrected chi connectivity index (χ4v) is 13.8. The van der Waals surface area contributed by atoms with Crippen LogP contribution in [0.25, 0.3) is 65.7 Å². The predicted molar refractivity (Wildman–Crippen MR) is 260 cm³/mol. The molecule has 0 radical (unpaired) electrons. The van der Waals surface area contributed by atoms with Gasteiger partial charge in [-0.3, -0.25) is 0 Å². The van der Waals surface area contributed by atoms with E-state index in [1.165, 1.54) is 104 Å². The molecule has 4 aliphatic heterocycles. The summed E-state index contributed by atoms with van der Waals surface area (Å²) in [5, 5.41) is 9.80. The van der Waals surface area contributed by atoms with E-state index in [0.717, 1.165) is 42.0 Å². The molecule has 9 aromatic carbocycles. The molecule has 274 valence electrons. The molecule has 0 amide bonds. The Kier molecular flexibility index (Phi) is 6.84. The van der Waals surface area contributed by atoms with Crippen LogP contribution in [-0.2, 0) is 0 Å². The third kappa shape index (κ3) is 4.45. The summed E-state index contributed by atoms with van der Waals surface area (Å²) in [5.41, 5.74) is 16.5. The lowest BCUT2D eigenvalue weighted by Crippen LogP contribution is -2.58. The molecule has 0 N–H and O–H groups in total. The van der Waals surface area contributed by atoms with Gasteiger partial charge in [-0.05, 0) is 143 Å². The molecule has 2 nitrogen and oxygen atoms in total. The minimum atomic E-state index is -1.93. The Balaban J connectivity index is 1.21. The van der Waals surface area contributed by atoms with E-state index in [1.54, 1.807) is 0 Å². The summed E-state index contributed by atoms with van der Waals surface area (Å²) in [4.78, 5) is 0. The van der Waals surface area contributed by atoms with Gasteiger partial charge < -0.3 is 9.47 Å². The van der Waals surface area contributed by atoms with E-state index in [1.807, 2.05) is 0 Å². The van der Waals surface area contributed by atoms with Gasteiger partial charge in [-0.25, -0.2) is 0 Å². The van der Waals surface area contributed by atoms with Crippen molar-refractivity contribution in [2.45, 2.75) is 26.6 Å². The zero-order valence-corrected chi connectivity index (χ0v) is 37.8. The highest BCUT2D eigenvalue weighted by atomic mass is 79.9. The average Bonchev–Trinajstić information content (AvgIpc) is 3.20. The molecular weight excluding hydrogens is 922 g/mol. The summed E-state index contributed by atoms with van der Waals surface area (Å²) in [7, 11) is -1.93. The van der Waals surface area contributed by atoms with Crippen molar-refractivity contribution >= 4 is 140 Å². The summed E-state index contributed by atoms with van der Waals surface area (Å²) >= 11 is 11.6. The first-order valence-corrected chi connectivity index (χ1v) is 25.8. The Hall–Kier alpha value is -4.59. The van der Waals surface area contributed by atoms with Crippen LogP contribution >= 0.6 is 47.8 Å². The Morgan fingerprint density at radius 1 is 0.448 bits per heavy atom. The highest BCUT2D eigenvalue weighted by Crippen LogP contribution is 2.48. The lowest BCUT2D eigenvalue weighted by Gasteiger charge is -2.38. The van der Waals surface area contributed by atoms with E-state index in [4.69, 9.17) is 9.47 Å². The lowest BCUT2D eigenvalue weighted by molar-refractivity contribution is 0.487. The van der Waals surface area contributed by atoms with Gasteiger partial charge in [-0.15, -0.1) is 0 Å². The van der Waals surface area contributed by atoms with Gasteiger partial charge in [0.2, 0.25) is 0 Å². The lowest BCUT2D eigenvalue weighted by atomic mass is 9.32. The van der Waals surface area contributed by atoms with Crippen molar-refractivity contribution in [1.82, 2.24) is 0 Å². The van der Waals surface area contributed by atoms with Crippen molar-refractivity contribution in [1.29, 1.82) is 0 Å². The third-order valence-corrected chi connectivity index (χ3v) is 16.8. The molecule has 0 atom stereocenters. The van der Waals surface area contributed by atoms with Crippen LogP contribution in [0.2, 0.25) is 19.6 Å². The maximum Gasteiger partial charge on any atom is 0.252 e. The van der Waals surface area contributed by atoms with E-state index in [9.17, 15) is 0 Å². The van der Waals surface area contributed by atoms with Crippen molar-refractivity contribution in [2.24, 2.45) is 0 Å². The molecule has 13 rings (SSSR count). The van der Waals surface area contributed by atoms with E-state index in [-0.39, 0.29) is 13.4 Å². The quantitative estimate of drug-likeness (QED) is 0.127. The molecule has 0 spiro atoms. The van der Waals surface area contributed by atoms with E-state index < -0.39 is 8.07 Å². The fourth-order valence-electron chi connectivity index (χ4n) is 11.0. The second-order valence-corrected chi connectivity index (χ2v) is 25.4. The van der Waals surface area contributed by atoms with Crippen LogP contribution < -0.4 is 47.4 Å². The van der Waals surface area contributed by atoms with Gasteiger partial charge in [0.05, 0.1) is 8.07 Å². The third-order valence-electron chi connectivity index (χ3n) is 13.3. The van der Waals surface area contributed by atoms with E-state index in [0.29, 0.717) is 0 Å². The number of hydrogen-bond donors (Lipinski definition) is 0. The molecular formula is C50H31B2Br3O2Si. The second kappa shape index (κ2) is 11.6. The Morgan fingerprint density at radius 3 is 1.64 bits per heavy atom. The van der Waals surface area contributed by atoms with Gasteiger partial charge in [0.15, 0.2) is 0 Å². The molecule has 8 heteroatoms. The molecule has 9 aromatic rings. The van der Waals surface area contributed by atoms with Gasteiger partial charge >= 0.3 is 0 Å². The number of rotatable bonds is 2. The number of fused-ring (bicyclic) bond motifs is 8. The molecule has 4 heterocycles. The highest BCUT2D eigenvalue weighted by molar-refractivity contribution is 9.11. The smallest absolute Gasteiger partial charge is 0.252 e. The number of ether oxygens (including phenoxy) is 2. The van der Waals surface area contributed by atoms with Crippen LogP contribution in [0.1, 0.15) is 5.56 Å². The van der Waals surface area contributed by atoms with Crippen LogP contribution in [0.4, 0.5) is 0 Å². The number of halogens is 3. The Bertz CT molecular complexity index is 3390. The van der Waals surface area contributed by atoms with E-state index >= 15 is 0 Å².